The fraction of sp³-hybridized carbons (Fsp3) is 0.667. The molecule has 0 aliphatic rings. The predicted molar refractivity (Wildman–Crippen MR) is 74.3 cm³/mol. The van der Waals surface area contributed by atoms with E-state index >= 15 is 0 Å². The van der Waals surface area contributed by atoms with E-state index in [9.17, 15) is 0 Å². The highest BCUT2D eigenvalue weighted by Gasteiger charge is 2.21. The third kappa shape index (κ3) is 3.31. The zero-order valence-electron chi connectivity index (χ0n) is 11.0. The average Bonchev–Trinajstić information content (AvgIpc) is 2.46. The van der Waals surface area contributed by atoms with E-state index < -0.39 is 0 Å². The molecule has 0 saturated heterocycles. The van der Waals surface area contributed by atoms with Crippen LogP contribution >= 0.6 is 15.9 Å². The molecule has 0 amide bonds. The zero-order chi connectivity index (χ0) is 13.2. The summed E-state index contributed by atoms with van der Waals surface area (Å²) >= 11 is 3.52. The largest absolute Gasteiger partial charge is 0.387 e. The van der Waals surface area contributed by atoms with Crippen LogP contribution in [0.2, 0.25) is 0 Å². The quantitative estimate of drug-likeness (QED) is 0.648. The van der Waals surface area contributed by atoms with Crippen molar-refractivity contribution in [2.24, 2.45) is 11.1 Å². The van der Waals surface area contributed by atoms with Crippen LogP contribution in [0.5, 0.6) is 0 Å². The number of nitrogens with one attached hydrogen (secondary N) is 1. The van der Waals surface area contributed by atoms with Crippen LogP contribution in [0, 0.1) is 24.7 Å². The van der Waals surface area contributed by atoms with E-state index in [2.05, 4.69) is 28.0 Å². The third-order valence-electron chi connectivity index (χ3n) is 3.19. The third-order valence-corrected chi connectivity index (χ3v) is 4.34. The molecule has 0 fully saturated rings. The first-order chi connectivity index (χ1) is 7.75. The van der Waals surface area contributed by atoms with E-state index in [1.54, 1.807) is 0 Å². The lowest BCUT2D eigenvalue weighted by atomic mass is 9.87. The number of halogens is 1. The van der Waals surface area contributed by atoms with E-state index in [1.165, 1.54) is 0 Å². The Morgan fingerprint density at radius 1 is 1.47 bits per heavy atom. The molecule has 0 unspecified atom stereocenters. The molecule has 5 heteroatoms. The monoisotopic (exact) mass is 300 g/mol. The Bertz CT molecular complexity index is 420. The number of aryl methyl sites for hydroxylation is 2. The van der Waals surface area contributed by atoms with Crippen molar-refractivity contribution in [2.45, 2.75) is 47.1 Å². The average molecular weight is 301 g/mol. The molecule has 0 bridgehead atoms. The maximum Gasteiger partial charge on any atom is 0.0963 e. The topological polar surface area (TPSA) is 67.7 Å². The van der Waals surface area contributed by atoms with Gasteiger partial charge in [-0.15, -0.1) is 0 Å². The first kappa shape index (κ1) is 14.2. The lowest BCUT2D eigenvalue weighted by Gasteiger charge is -2.22. The summed E-state index contributed by atoms with van der Waals surface area (Å²) in [7, 11) is 0. The van der Waals surface area contributed by atoms with Gasteiger partial charge in [0.1, 0.15) is 0 Å². The molecule has 0 aromatic carbocycles. The van der Waals surface area contributed by atoms with Gasteiger partial charge in [0.05, 0.1) is 16.0 Å². The number of hydrogen-bond acceptors (Lipinski definition) is 2. The van der Waals surface area contributed by atoms with Gasteiger partial charge in [-0.2, -0.15) is 5.10 Å². The van der Waals surface area contributed by atoms with E-state index in [1.807, 2.05) is 25.5 Å². The Kier molecular flexibility index (Phi) is 4.36. The van der Waals surface area contributed by atoms with Gasteiger partial charge in [-0.3, -0.25) is 10.1 Å². The molecule has 1 rings (SSSR count). The number of aromatic nitrogens is 2. The number of amidine groups is 1. The maximum absolute atomic E-state index is 7.51. The second-order valence-electron chi connectivity index (χ2n) is 5.11. The molecule has 96 valence electrons. The van der Waals surface area contributed by atoms with Crippen LogP contribution in [0.1, 0.15) is 38.1 Å². The van der Waals surface area contributed by atoms with Gasteiger partial charge in [-0.25, -0.2) is 0 Å². The molecule has 0 aliphatic heterocycles. The number of hydrogen-bond donors (Lipinski definition) is 2. The summed E-state index contributed by atoms with van der Waals surface area (Å²) < 4.78 is 3.10. The molecule has 0 radical (unpaired) electrons. The van der Waals surface area contributed by atoms with Crippen LogP contribution in [0.25, 0.3) is 0 Å². The van der Waals surface area contributed by atoms with Gasteiger partial charge in [0.15, 0.2) is 0 Å². The van der Waals surface area contributed by atoms with Crippen molar-refractivity contribution in [1.29, 1.82) is 5.41 Å². The van der Waals surface area contributed by atoms with Crippen molar-refractivity contribution < 1.29 is 0 Å². The Hall–Kier alpha value is -0.840. The maximum atomic E-state index is 7.51. The predicted octanol–water partition coefficient (Wildman–Crippen LogP) is 3.00. The van der Waals surface area contributed by atoms with Crippen molar-refractivity contribution >= 4 is 21.8 Å². The van der Waals surface area contributed by atoms with Gasteiger partial charge in [0.25, 0.3) is 0 Å². The molecule has 0 atom stereocenters. The molecular weight excluding hydrogens is 280 g/mol. The van der Waals surface area contributed by atoms with E-state index in [0.717, 1.165) is 35.2 Å². The molecule has 1 aromatic rings. The summed E-state index contributed by atoms with van der Waals surface area (Å²) in [6.45, 7) is 8.93. The molecular formula is C12H21BrN4. The lowest BCUT2D eigenvalue weighted by Crippen LogP contribution is -2.31. The van der Waals surface area contributed by atoms with Crippen LogP contribution in [0.4, 0.5) is 0 Å². The molecule has 0 spiro atoms. The molecule has 0 saturated carbocycles. The van der Waals surface area contributed by atoms with E-state index in [0.29, 0.717) is 0 Å². The fourth-order valence-corrected chi connectivity index (χ4v) is 1.98. The summed E-state index contributed by atoms with van der Waals surface area (Å²) in [5.41, 5.74) is 7.52. The Morgan fingerprint density at radius 3 is 2.47 bits per heavy atom. The summed E-state index contributed by atoms with van der Waals surface area (Å²) in [6, 6.07) is 0. The highest BCUT2D eigenvalue weighted by atomic mass is 79.9. The van der Waals surface area contributed by atoms with Gasteiger partial charge in [-0.1, -0.05) is 13.8 Å². The van der Waals surface area contributed by atoms with Crippen molar-refractivity contribution in [2.75, 3.05) is 0 Å². The standard InChI is InChI=1S/C12H21BrN4/c1-8-10(13)9(2)17(16-8)7-5-6-12(3,4)11(14)15/h5-7H2,1-4H3,(H3,14,15). The van der Waals surface area contributed by atoms with Gasteiger partial charge in [-0.05, 0) is 42.6 Å². The SMILES string of the molecule is Cc1nn(CCCC(C)(C)C(=N)N)c(C)c1Br. The number of nitrogens with two attached hydrogens (primary N) is 1. The first-order valence-electron chi connectivity index (χ1n) is 5.79. The smallest absolute Gasteiger partial charge is 0.0963 e. The Labute approximate surface area is 111 Å². The van der Waals surface area contributed by atoms with Crippen molar-refractivity contribution in [3.05, 3.63) is 15.9 Å². The Morgan fingerprint density at radius 2 is 2.06 bits per heavy atom. The van der Waals surface area contributed by atoms with Crippen LogP contribution in [-0.4, -0.2) is 15.6 Å². The second-order valence-corrected chi connectivity index (χ2v) is 5.90. The van der Waals surface area contributed by atoms with Gasteiger partial charge in [0, 0.05) is 17.7 Å². The number of nitrogens with zero attached hydrogens (tertiary/aromatic N) is 2. The van der Waals surface area contributed by atoms with Gasteiger partial charge < -0.3 is 5.73 Å². The summed E-state index contributed by atoms with van der Waals surface area (Å²) in [4.78, 5) is 0. The summed E-state index contributed by atoms with van der Waals surface area (Å²) in [5, 5.41) is 12.0. The van der Waals surface area contributed by atoms with Crippen LogP contribution in [-0.2, 0) is 6.54 Å². The van der Waals surface area contributed by atoms with E-state index in [4.69, 9.17) is 11.1 Å². The van der Waals surface area contributed by atoms with E-state index in [-0.39, 0.29) is 11.3 Å². The molecule has 3 N–H and O–H groups in total. The Balaban J connectivity index is 2.57. The second kappa shape index (κ2) is 5.21. The molecule has 1 heterocycles. The first-order valence-corrected chi connectivity index (χ1v) is 6.59. The molecule has 4 nitrogen and oxygen atoms in total. The molecule has 1 aromatic heterocycles. The highest BCUT2D eigenvalue weighted by molar-refractivity contribution is 9.10. The fourth-order valence-electron chi connectivity index (χ4n) is 1.70. The van der Waals surface area contributed by atoms with Gasteiger partial charge in [0.2, 0.25) is 0 Å². The van der Waals surface area contributed by atoms with Crippen molar-refractivity contribution in [3.8, 4) is 0 Å². The van der Waals surface area contributed by atoms with Crippen molar-refractivity contribution in [3.63, 3.8) is 0 Å². The zero-order valence-corrected chi connectivity index (χ0v) is 12.6. The molecule has 17 heavy (non-hydrogen) atoms. The normalized spacial score (nSPS) is 11.8. The number of rotatable bonds is 5. The summed E-state index contributed by atoms with van der Waals surface area (Å²) in [6.07, 6.45) is 1.87. The van der Waals surface area contributed by atoms with Crippen LogP contribution in [0.3, 0.4) is 0 Å². The van der Waals surface area contributed by atoms with Crippen LogP contribution in [0.15, 0.2) is 4.47 Å². The highest BCUT2D eigenvalue weighted by Crippen LogP contribution is 2.24. The van der Waals surface area contributed by atoms with Crippen molar-refractivity contribution in [1.82, 2.24) is 9.78 Å². The minimum absolute atomic E-state index is 0.215. The minimum atomic E-state index is -0.215. The lowest BCUT2D eigenvalue weighted by molar-refractivity contribution is 0.416. The minimum Gasteiger partial charge on any atom is -0.387 e. The summed E-state index contributed by atoms with van der Waals surface area (Å²) in [5.74, 6) is 0.257. The van der Waals surface area contributed by atoms with Gasteiger partial charge >= 0.3 is 0 Å². The molecule has 0 aliphatic carbocycles. The van der Waals surface area contributed by atoms with Crippen LogP contribution < -0.4 is 5.73 Å².